The normalized spacial score (nSPS) is 10.7. The number of ketones is 1. The summed E-state index contributed by atoms with van der Waals surface area (Å²) in [5.74, 6) is -1.59. The molecule has 2 aromatic carbocycles. The molecular weight excluding hydrogens is 410 g/mol. The summed E-state index contributed by atoms with van der Waals surface area (Å²) in [5, 5.41) is 0. The van der Waals surface area contributed by atoms with E-state index in [0.717, 1.165) is 21.3 Å². The maximum Gasteiger partial charge on any atom is 0.332 e. The number of rotatable bonds is 8. The Morgan fingerprint density at radius 2 is 1.62 bits per heavy atom. The smallest absolute Gasteiger partial charge is 0.332 e. The fraction of sp³-hybridized carbons (Fsp3) is 0.250. The molecule has 0 saturated carbocycles. The van der Waals surface area contributed by atoms with E-state index >= 15 is 0 Å². The Hall–Kier alpha value is -3.94. The predicted octanol–water partition coefficient (Wildman–Crippen LogP) is 1.94. The van der Waals surface area contributed by atoms with Crippen molar-refractivity contribution in [2.75, 3.05) is 12.3 Å². The van der Waals surface area contributed by atoms with Crippen LogP contribution in [0.25, 0.3) is 0 Å². The van der Waals surface area contributed by atoms with Gasteiger partial charge in [0.1, 0.15) is 11.4 Å². The monoisotopic (exact) mass is 435 g/mol. The molecule has 0 spiro atoms. The topological polar surface area (TPSA) is 113 Å². The molecule has 0 radical (unpaired) electrons. The molecule has 0 bridgehead atoms. The van der Waals surface area contributed by atoms with Crippen LogP contribution in [0.15, 0.2) is 64.2 Å². The highest BCUT2D eigenvalue weighted by molar-refractivity contribution is 6.01. The average Bonchev–Trinajstić information content (AvgIpc) is 2.78. The summed E-state index contributed by atoms with van der Waals surface area (Å²) >= 11 is 0. The van der Waals surface area contributed by atoms with Gasteiger partial charge >= 0.3 is 11.7 Å². The standard InChI is InChI=1S/C24H25N3O5/c1-3-26-23(30)21(22(25)27(24(26)31)14-17-10-5-4-6-11-17)19(28)15-32-20(29)13-18-12-8-7-9-16(18)2/h4-12H,3,13-15,25H2,1-2H3. The van der Waals surface area contributed by atoms with Gasteiger partial charge < -0.3 is 10.5 Å². The van der Waals surface area contributed by atoms with Gasteiger partial charge in [0.05, 0.1) is 13.0 Å². The van der Waals surface area contributed by atoms with Gasteiger partial charge in [-0.1, -0.05) is 54.6 Å². The molecule has 3 rings (SSSR count). The fourth-order valence-corrected chi connectivity index (χ4v) is 3.41. The molecule has 1 aromatic heterocycles. The first-order valence-corrected chi connectivity index (χ1v) is 10.2. The third-order valence-electron chi connectivity index (χ3n) is 5.21. The first kappa shape index (κ1) is 22.7. The Bertz CT molecular complexity index is 1260. The average molecular weight is 435 g/mol. The highest BCUT2D eigenvalue weighted by atomic mass is 16.5. The number of nitrogens with zero attached hydrogens (tertiary/aromatic N) is 2. The van der Waals surface area contributed by atoms with Crippen molar-refractivity contribution in [2.24, 2.45) is 0 Å². The molecule has 0 amide bonds. The molecule has 0 aliphatic carbocycles. The van der Waals surface area contributed by atoms with Gasteiger partial charge in [0.25, 0.3) is 5.56 Å². The van der Waals surface area contributed by atoms with Gasteiger partial charge in [-0.25, -0.2) is 4.79 Å². The molecule has 1 heterocycles. The number of ether oxygens (including phenoxy) is 1. The van der Waals surface area contributed by atoms with Crippen LogP contribution in [0.4, 0.5) is 5.82 Å². The van der Waals surface area contributed by atoms with E-state index < -0.39 is 29.6 Å². The molecular formula is C24H25N3O5. The maximum absolute atomic E-state index is 12.8. The van der Waals surface area contributed by atoms with Gasteiger partial charge in [0, 0.05) is 6.54 Å². The number of carbonyl (C=O) groups excluding carboxylic acids is 2. The number of anilines is 1. The summed E-state index contributed by atoms with van der Waals surface area (Å²) in [6.45, 7) is 3.02. The Morgan fingerprint density at radius 1 is 0.969 bits per heavy atom. The summed E-state index contributed by atoms with van der Waals surface area (Å²) in [4.78, 5) is 50.6. The molecule has 2 N–H and O–H groups in total. The second-order valence-electron chi connectivity index (χ2n) is 7.35. The lowest BCUT2D eigenvalue weighted by atomic mass is 10.1. The van der Waals surface area contributed by atoms with Gasteiger partial charge in [0.15, 0.2) is 6.61 Å². The van der Waals surface area contributed by atoms with Crippen LogP contribution in [0.5, 0.6) is 0 Å². The van der Waals surface area contributed by atoms with Crippen LogP contribution in [0.2, 0.25) is 0 Å². The van der Waals surface area contributed by atoms with E-state index in [-0.39, 0.29) is 30.9 Å². The highest BCUT2D eigenvalue weighted by Gasteiger charge is 2.23. The molecule has 8 heteroatoms. The van der Waals surface area contributed by atoms with Crippen molar-refractivity contribution in [3.63, 3.8) is 0 Å². The van der Waals surface area contributed by atoms with Crippen molar-refractivity contribution in [3.05, 3.63) is 97.7 Å². The molecule has 8 nitrogen and oxygen atoms in total. The second kappa shape index (κ2) is 9.91. The first-order valence-electron chi connectivity index (χ1n) is 10.2. The predicted molar refractivity (Wildman–Crippen MR) is 121 cm³/mol. The van der Waals surface area contributed by atoms with Gasteiger partial charge in [-0.05, 0) is 30.5 Å². The van der Waals surface area contributed by atoms with Crippen molar-refractivity contribution < 1.29 is 14.3 Å². The highest BCUT2D eigenvalue weighted by Crippen LogP contribution is 2.11. The number of esters is 1. The van der Waals surface area contributed by atoms with Crippen LogP contribution in [0, 0.1) is 6.92 Å². The maximum atomic E-state index is 12.8. The SMILES string of the molecule is CCn1c(=O)c(C(=O)COC(=O)Cc2ccccc2C)c(N)n(Cc2ccccc2)c1=O. The zero-order valence-corrected chi connectivity index (χ0v) is 18.0. The quantitative estimate of drug-likeness (QED) is 0.427. The van der Waals surface area contributed by atoms with Crippen LogP contribution < -0.4 is 17.0 Å². The number of aryl methyl sites for hydroxylation is 1. The molecule has 0 atom stereocenters. The Balaban J connectivity index is 1.86. The summed E-state index contributed by atoms with van der Waals surface area (Å²) in [6, 6.07) is 16.4. The molecule has 0 saturated heterocycles. The first-order chi connectivity index (χ1) is 15.3. The summed E-state index contributed by atoms with van der Waals surface area (Å²) in [6.07, 6.45) is 0.00212. The van der Waals surface area contributed by atoms with Crippen LogP contribution in [-0.2, 0) is 29.0 Å². The van der Waals surface area contributed by atoms with Crippen molar-refractivity contribution >= 4 is 17.6 Å². The molecule has 3 aromatic rings. The Kier molecular flexibility index (Phi) is 7.04. The lowest BCUT2D eigenvalue weighted by Crippen LogP contribution is -2.44. The third-order valence-corrected chi connectivity index (χ3v) is 5.21. The number of hydrogen-bond acceptors (Lipinski definition) is 6. The Morgan fingerprint density at radius 3 is 2.28 bits per heavy atom. The molecule has 0 aliphatic rings. The summed E-state index contributed by atoms with van der Waals surface area (Å²) in [7, 11) is 0. The fourth-order valence-electron chi connectivity index (χ4n) is 3.41. The largest absolute Gasteiger partial charge is 0.457 e. The number of benzene rings is 2. The van der Waals surface area contributed by atoms with Crippen molar-refractivity contribution in [2.45, 2.75) is 33.4 Å². The van der Waals surface area contributed by atoms with E-state index in [0.29, 0.717) is 0 Å². The molecule has 32 heavy (non-hydrogen) atoms. The molecule has 166 valence electrons. The minimum absolute atomic E-state index is 0.00212. The van der Waals surface area contributed by atoms with Crippen LogP contribution in [0.1, 0.15) is 34.0 Å². The zero-order chi connectivity index (χ0) is 23.3. The Labute approximate surface area is 184 Å². The van der Waals surface area contributed by atoms with Crippen LogP contribution in [0.3, 0.4) is 0 Å². The number of aromatic nitrogens is 2. The van der Waals surface area contributed by atoms with Gasteiger partial charge in [-0.3, -0.25) is 23.5 Å². The minimum atomic E-state index is -0.792. The van der Waals surface area contributed by atoms with E-state index in [2.05, 4.69) is 0 Å². The van der Waals surface area contributed by atoms with Crippen molar-refractivity contribution in [1.29, 1.82) is 0 Å². The summed E-state index contributed by atoms with van der Waals surface area (Å²) in [5.41, 5.74) is 6.84. The zero-order valence-electron chi connectivity index (χ0n) is 18.0. The summed E-state index contributed by atoms with van der Waals surface area (Å²) < 4.78 is 7.24. The van der Waals surface area contributed by atoms with Crippen LogP contribution in [-0.4, -0.2) is 27.5 Å². The molecule has 0 unspecified atom stereocenters. The van der Waals surface area contributed by atoms with Gasteiger partial charge in [-0.15, -0.1) is 0 Å². The van der Waals surface area contributed by atoms with Crippen molar-refractivity contribution in [3.8, 4) is 0 Å². The minimum Gasteiger partial charge on any atom is -0.457 e. The van der Waals surface area contributed by atoms with Gasteiger partial charge in [-0.2, -0.15) is 0 Å². The molecule has 0 aliphatic heterocycles. The third kappa shape index (κ3) is 4.85. The lowest BCUT2D eigenvalue weighted by Gasteiger charge is -2.16. The number of hydrogen-bond donors (Lipinski definition) is 1. The number of Topliss-reactive ketones (excluding diaryl/α,β-unsaturated/α-hetero) is 1. The van der Waals surface area contributed by atoms with E-state index in [1.54, 1.807) is 13.0 Å². The van der Waals surface area contributed by atoms with E-state index in [1.807, 2.05) is 55.5 Å². The van der Waals surface area contributed by atoms with Crippen molar-refractivity contribution in [1.82, 2.24) is 9.13 Å². The lowest BCUT2D eigenvalue weighted by molar-refractivity contribution is -0.141. The second-order valence-corrected chi connectivity index (χ2v) is 7.35. The van der Waals surface area contributed by atoms with Gasteiger partial charge in [0.2, 0.25) is 5.78 Å². The van der Waals surface area contributed by atoms with E-state index in [9.17, 15) is 19.2 Å². The van der Waals surface area contributed by atoms with Crippen LogP contribution >= 0.6 is 0 Å². The number of carbonyl (C=O) groups is 2. The number of nitrogens with two attached hydrogens (primary N) is 1. The molecule has 0 fully saturated rings. The number of nitrogen functional groups attached to an aromatic ring is 1. The van der Waals surface area contributed by atoms with E-state index in [1.165, 1.54) is 4.57 Å². The van der Waals surface area contributed by atoms with E-state index in [4.69, 9.17) is 10.5 Å².